The van der Waals surface area contributed by atoms with Crippen molar-refractivity contribution in [2.45, 2.75) is 5.91 Å². The van der Waals surface area contributed by atoms with E-state index in [1.807, 2.05) is 0 Å². The molecule has 0 aromatic carbocycles. The highest BCUT2D eigenvalue weighted by Crippen LogP contribution is 2.51. The van der Waals surface area contributed by atoms with Gasteiger partial charge in [0, 0.05) is 0 Å². The monoisotopic (exact) mass is 532 g/mol. The number of amidine groups is 4. The van der Waals surface area contributed by atoms with Crippen molar-refractivity contribution in [3.05, 3.63) is 82.8 Å². The first-order valence-electron chi connectivity index (χ1n) is 12.6. The number of rotatable bonds is 0. The van der Waals surface area contributed by atoms with Gasteiger partial charge >= 0.3 is 5.91 Å². The zero-order valence-corrected chi connectivity index (χ0v) is 20.3. The number of nitrogens with zero attached hydrogens (tertiary/aromatic N) is 16. The van der Waals surface area contributed by atoms with E-state index in [1.54, 1.807) is 49.6 Å². The maximum atomic E-state index is 5.23. The molecule has 12 heterocycles. The molecule has 12 rings (SSSR count). The molecule has 16 nitrogen and oxygen atoms in total. The Morgan fingerprint density at radius 2 is 0.854 bits per heavy atom. The van der Waals surface area contributed by atoms with Crippen LogP contribution in [0.5, 0.6) is 0 Å². The van der Waals surface area contributed by atoms with Crippen molar-refractivity contribution >= 4 is 56.5 Å². The van der Waals surface area contributed by atoms with Crippen molar-refractivity contribution in [1.82, 2.24) is 49.9 Å². The predicted octanol–water partition coefficient (Wildman–Crippen LogP) is -1.13. The van der Waals surface area contributed by atoms with Crippen LogP contribution in [0.25, 0.3) is 21.5 Å². The highest BCUT2D eigenvalue weighted by Gasteiger charge is 2.69. The average Bonchev–Trinajstić information content (AvgIpc) is 3.74. The zero-order chi connectivity index (χ0) is 26.2. The van der Waals surface area contributed by atoms with E-state index < -0.39 is 5.91 Å². The molecule has 16 heteroatoms. The largest absolute Gasteiger partial charge is 0.404 e. The van der Waals surface area contributed by atoms with E-state index >= 15 is 0 Å². The van der Waals surface area contributed by atoms with Crippen molar-refractivity contribution in [2.75, 3.05) is 0 Å². The second-order valence-electron chi connectivity index (χ2n) is 10.2. The Bertz CT molecular complexity index is 2480. The molecule has 0 radical (unpaired) electrons. The minimum absolute atomic E-state index is 0.684. The van der Waals surface area contributed by atoms with Crippen LogP contribution in [0, 0.1) is 0 Å². The van der Waals surface area contributed by atoms with Crippen molar-refractivity contribution in [2.24, 2.45) is 20.0 Å². The maximum Gasteiger partial charge on any atom is 0.404 e. The highest BCUT2D eigenvalue weighted by atomic mass is 15.7. The highest BCUT2D eigenvalue weighted by molar-refractivity contribution is 6.19. The lowest BCUT2D eigenvalue weighted by molar-refractivity contribution is -0.790. The molecule has 6 aromatic heterocycles. The number of hydrogen-bond donors (Lipinski definition) is 0. The third-order valence-corrected chi connectivity index (χ3v) is 8.59. The van der Waals surface area contributed by atoms with Gasteiger partial charge < -0.3 is 0 Å². The molecule has 0 saturated carbocycles. The van der Waals surface area contributed by atoms with Crippen LogP contribution in [0.3, 0.4) is 0 Å². The summed E-state index contributed by atoms with van der Waals surface area (Å²) >= 11 is 0. The third-order valence-electron chi connectivity index (χ3n) is 8.59. The van der Waals surface area contributed by atoms with Gasteiger partial charge in [-0.15, -0.1) is 9.15 Å². The van der Waals surface area contributed by atoms with E-state index in [0.717, 1.165) is 43.8 Å². The molecule has 0 N–H and O–H groups in total. The molecule has 6 aliphatic heterocycles. The van der Waals surface area contributed by atoms with Crippen molar-refractivity contribution < 1.29 is 9.15 Å². The molecule has 0 bridgehead atoms. The number of aromatic nitrogens is 10. The molecule has 1 spiro atoms. The van der Waals surface area contributed by atoms with Crippen molar-refractivity contribution in [3.8, 4) is 0 Å². The standard InChI is InChI=1S/C25H8N16/c1-9-10(2-27-26-1)18-35-20-13-5-30-31-6-14(13)22-37-24-16-8-33-32-7-15(16)23-36-21-12-4-29-28-3-11(12)19-34-17(9)38(18)25(39(19)21,40(20)22)41(23)24/h1-8H/q+2. The molecular weight excluding hydrogens is 524 g/mol. The number of hydrogen-bond acceptors (Lipinski definition) is 12. The van der Waals surface area contributed by atoms with Crippen LogP contribution in [0.4, 0.5) is 11.6 Å². The molecule has 0 saturated heterocycles. The fraction of sp³-hybridized carbons (Fsp3) is 0.0400. The van der Waals surface area contributed by atoms with Gasteiger partial charge in [0.05, 0.1) is 93.4 Å². The van der Waals surface area contributed by atoms with Crippen LogP contribution < -0.4 is 11.0 Å². The van der Waals surface area contributed by atoms with Gasteiger partial charge in [0.1, 0.15) is 0 Å². The Balaban J connectivity index is 1.45. The first-order chi connectivity index (χ1) is 20.4. The van der Waals surface area contributed by atoms with Gasteiger partial charge in [-0.05, 0) is 0 Å². The second kappa shape index (κ2) is 5.67. The Labute approximate surface area is 224 Å². The normalized spacial score (nSPS) is 18.4. The van der Waals surface area contributed by atoms with Gasteiger partial charge in [-0.1, -0.05) is 20.0 Å². The van der Waals surface area contributed by atoms with Crippen LogP contribution >= 0.6 is 0 Å². The smallest absolute Gasteiger partial charge is 0.192 e. The Hall–Kier alpha value is -6.32. The van der Waals surface area contributed by atoms with Crippen LogP contribution in [-0.2, 0) is 5.91 Å². The molecule has 0 fully saturated rings. The maximum absolute atomic E-state index is 5.23. The molecule has 0 atom stereocenters. The molecule has 0 aliphatic carbocycles. The van der Waals surface area contributed by atoms with Gasteiger partial charge in [0.2, 0.25) is 22.6 Å². The minimum Gasteiger partial charge on any atom is -0.192 e. The molecular formula is C25H8N16+2. The van der Waals surface area contributed by atoms with E-state index in [-0.39, 0.29) is 0 Å². The topological polar surface area (TPSA) is 168 Å². The van der Waals surface area contributed by atoms with E-state index in [9.17, 15) is 0 Å². The number of aliphatic imine (C=N–C) groups is 2. The van der Waals surface area contributed by atoms with Crippen LogP contribution in [-0.4, -0.2) is 82.4 Å². The molecule has 6 aliphatic rings. The van der Waals surface area contributed by atoms with Crippen LogP contribution in [0.15, 0.2) is 69.5 Å². The van der Waals surface area contributed by atoms with Gasteiger partial charge in [-0.25, -0.2) is 0 Å². The third kappa shape index (κ3) is 1.68. The van der Waals surface area contributed by atoms with Gasteiger partial charge in [0.25, 0.3) is 23.3 Å². The summed E-state index contributed by atoms with van der Waals surface area (Å²) in [5.74, 6) is 2.96. The van der Waals surface area contributed by atoms with E-state index in [0.29, 0.717) is 46.0 Å². The first-order valence-corrected chi connectivity index (χ1v) is 12.6. The van der Waals surface area contributed by atoms with Crippen molar-refractivity contribution in [1.29, 1.82) is 0 Å². The minimum atomic E-state index is -1.15. The fourth-order valence-electron chi connectivity index (χ4n) is 7.09. The summed E-state index contributed by atoms with van der Waals surface area (Å²) in [4.78, 5) is 20.9. The SMILES string of the molecule is c1nncc2c1C1=Nc3c4cnncc4c4n3C35n6c(c7cnncc7c6=NC6=[N+]3C(=N4)c3cnncc36)=NC2=[N+]15. The first kappa shape index (κ1) is 18.9. The lowest BCUT2D eigenvalue weighted by Crippen LogP contribution is -2.71. The quantitative estimate of drug-likeness (QED) is 0.221. The van der Waals surface area contributed by atoms with Crippen LogP contribution in [0.1, 0.15) is 22.3 Å². The summed E-state index contributed by atoms with van der Waals surface area (Å²) in [6, 6.07) is 0. The summed E-state index contributed by atoms with van der Waals surface area (Å²) in [6.45, 7) is 0. The molecule has 186 valence electrons. The Kier molecular flexibility index (Phi) is 2.61. The average molecular weight is 532 g/mol. The fourth-order valence-corrected chi connectivity index (χ4v) is 7.09. The van der Waals surface area contributed by atoms with E-state index in [2.05, 4.69) is 59.1 Å². The number of fused-ring (bicyclic) bond motifs is 12. The van der Waals surface area contributed by atoms with E-state index in [4.69, 9.17) is 20.0 Å². The molecule has 41 heavy (non-hydrogen) atoms. The Morgan fingerprint density at radius 3 is 1.34 bits per heavy atom. The van der Waals surface area contributed by atoms with Gasteiger partial charge in [-0.3, -0.25) is 0 Å². The summed E-state index contributed by atoms with van der Waals surface area (Å²) < 4.78 is 8.51. The van der Waals surface area contributed by atoms with Gasteiger partial charge in [0.15, 0.2) is 0 Å². The zero-order valence-electron chi connectivity index (χ0n) is 20.3. The second-order valence-corrected chi connectivity index (χ2v) is 10.2. The van der Waals surface area contributed by atoms with Crippen LogP contribution in [0.2, 0.25) is 0 Å². The summed E-state index contributed by atoms with van der Waals surface area (Å²) in [5.41, 5.74) is 4.65. The van der Waals surface area contributed by atoms with Gasteiger partial charge in [-0.2, -0.15) is 49.9 Å². The van der Waals surface area contributed by atoms with E-state index in [1.165, 1.54) is 0 Å². The molecule has 6 aromatic rings. The van der Waals surface area contributed by atoms with Crippen molar-refractivity contribution in [3.63, 3.8) is 0 Å². The lowest BCUT2D eigenvalue weighted by atomic mass is 10.2. The summed E-state index contributed by atoms with van der Waals surface area (Å²) in [7, 11) is 0. The molecule has 0 amide bonds. The predicted molar refractivity (Wildman–Crippen MR) is 136 cm³/mol. The lowest BCUT2D eigenvalue weighted by Gasteiger charge is -2.40. The molecule has 0 unspecified atom stereocenters. The Morgan fingerprint density at radius 1 is 0.439 bits per heavy atom. The summed E-state index contributed by atoms with van der Waals surface area (Å²) in [6.07, 6.45) is 13.9. The summed E-state index contributed by atoms with van der Waals surface area (Å²) in [5, 5.41) is 37.0.